The first-order valence-electron chi connectivity index (χ1n) is 18.5. The van der Waals surface area contributed by atoms with Gasteiger partial charge >= 0.3 is 0 Å². The molecule has 1 aliphatic rings. The zero-order valence-electron chi connectivity index (χ0n) is 32.0. The first kappa shape index (κ1) is 39.1. The van der Waals surface area contributed by atoms with Crippen molar-refractivity contribution in [1.29, 1.82) is 0 Å². The van der Waals surface area contributed by atoms with E-state index in [0.717, 1.165) is 11.8 Å². The summed E-state index contributed by atoms with van der Waals surface area (Å²) in [7, 11) is 0. The summed E-state index contributed by atoms with van der Waals surface area (Å²) >= 11 is 0. The van der Waals surface area contributed by atoms with Gasteiger partial charge in [0, 0.05) is 33.0 Å². The predicted octanol–water partition coefficient (Wildman–Crippen LogP) is 14.0. The molecule has 3 unspecified atom stereocenters. The Labute approximate surface area is 298 Å². The lowest BCUT2D eigenvalue weighted by Gasteiger charge is -2.29. The van der Waals surface area contributed by atoms with Crippen LogP contribution >= 0.6 is 0 Å². The van der Waals surface area contributed by atoms with Crippen molar-refractivity contribution in [2.45, 2.75) is 106 Å². The molecule has 3 atom stereocenters. The molecule has 2 nitrogen and oxygen atoms in total. The number of hydrogen-bond acceptors (Lipinski definition) is 1. The molecule has 4 aromatic carbocycles. The number of allylic oxidation sites excluding steroid dienone is 3. The second kappa shape index (κ2) is 19.0. The third-order valence-electron chi connectivity index (χ3n) is 9.75. The van der Waals surface area contributed by atoms with E-state index in [1.165, 1.54) is 69.0 Å². The fraction of sp³-hybridized carbons (Fsp3) is 0.362. The van der Waals surface area contributed by atoms with Crippen molar-refractivity contribution < 1.29 is 0 Å². The summed E-state index contributed by atoms with van der Waals surface area (Å²) in [6.45, 7) is 25.9. The molecule has 0 bridgehead atoms. The zero-order valence-corrected chi connectivity index (χ0v) is 32.0. The summed E-state index contributed by atoms with van der Waals surface area (Å²) in [6, 6.07) is 32.3. The van der Waals surface area contributed by atoms with Crippen LogP contribution in [0.3, 0.4) is 0 Å². The van der Waals surface area contributed by atoms with E-state index in [1.54, 1.807) is 5.56 Å². The summed E-state index contributed by atoms with van der Waals surface area (Å²) in [5, 5.41) is 6.33. The maximum absolute atomic E-state index is 3.89. The molecule has 6 rings (SSSR count). The van der Waals surface area contributed by atoms with Crippen molar-refractivity contribution in [2.75, 3.05) is 5.32 Å². The molecule has 0 spiro atoms. The average molecular weight is 655 g/mol. The highest BCUT2D eigenvalue weighted by Crippen LogP contribution is 2.48. The normalized spacial score (nSPS) is 15.9. The molecule has 0 radical (unpaired) electrons. The van der Waals surface area contributed by atoms with Gasteiger partial charge in [-0.1, -0.05) is 177 Å². The molecular weight excluding hydrogens is 593 g/mol. The highest BCUT2D eigenvalue weighted by Gasteiger charge is 2.42. The average Bonchev–Trinajstić information content (AvgIpc) is 3.61. The maximum atomic E-state index is 3.89. The van der Waals surface area contributed by atoms with Crippen LogP contribution < -0.4 is 5.32 Å². The Hall–Kier alpha value is -4.30. The molecule has 0 aliphatic carbocycles. The fourth-order valence-electron chi connectivity index (χ4n) is 7.39. The van der Waals surface area contributed by atoms with E-state index in [-0.39, 0.29) is 11.5 Å². The molecule has 0 fully saturated rings. The van der Waals surface area contributed by atoms with Crippen LogP contribution in [0.4, 0.5) is 5.69 Å². The molecule has 1 aromatic heterocycles. The number of nitrogens with one attached hydrogen (secondary N) is 2. The van der Waals surface area contributed by atoms with Gasteiger partial charge < -0.3 is 10.3 Å². The molecule has 49 heavy (non-hydrogen) atoms. The SMILES string of the molecule is C=C/C=C(\C=C/C)C1Nc2ccc3c([nH]c4ccccc43)c2C1(C)C.CC.CCCC(C)C(CC)c1ccccc1C.Cc1ccccc1. The molecular formula is C47H62N2. The largest absolute Gasteiger partial charge is 0.377 e. The van der Waals surface area contributed by atoms with Gasteiger partial charge in [0.1, 0.15) is 0 Å². The molecule has 5 aromatic rings. The van der Waals surface area contributed by atoms with Crippen LogP contribution in [0, 0.1) is 19.8 Å². The van der Waals surface area contributed by atoms with Gasteiger partial charge in [0.2, 0.25) is 0 Å². The number of para-hydroxylation sites is 1. The van der Waals surface area contributed by atoms with Crippen molar-refractivity contribution >= 4 is 27.5 Å². The van der Waals surface area contributed by atoms with Crippen molar-refractivity contribution in [3.8, 4) is 0 Å². The van der Waals surface area contributed by atoms with E-state index in [1.807, 2.05) is 38.1 Å². The second-order valence-electron chi connectivity index (χ2n) is 13.6. The first-order valence-corrected chi connectivity index (χ1v) is 18.5. The lowest BCUT2D eigenvalue weighted by molar-refractivity contribution is 0.413. The number of rotatable bonds is 8. The van der Waals surface area contributed by atoms with Crippen molar-refractivity contribution in [1.82, 2.24) is 4.98 Å². The van der Waals surface area contributed by atoms with Gasteiger partial charge in [-0.2, -0.15) is 0 Å². The number of aryl methyl sites for hydroxylation is 2. The molecule has 1 aliphatic heterocycles. The summed E-state index contributed by atoms with van der Waals surface area (Å²) in [5.74, 6) is 1.55. The lowest BCUT2D eigenvalue weighted by atomic mass is 9.76. The summed E-state index contributed by atoms with van der Waals surface area (Å²) in [5.41, 5.74) is 10.6. The quantitative estimate of drug-likeness (QED) is 0.160. The van der Waals surface area contributed by atoms with E-state index in [9.17, 15) is 0 Å². The minimum absolute atomic E-state index is 0.0376. The number of aromatic nitrogens is 1. The van der Waals surface area contributed by atoms with Gasteiger partial charge in [0.25, 0.3) is 0 Å². The minimum atomic E-state index is -0.0376. The fourth-order valence-corrected chi connectivity index (χ4v) is 7.39. The Morgan fingerprint density at radius 1 is 0.857 bits per heavy atom. The van der Waals surface area contributed by atoms with Gasteiger partial charge in [-0.15, -0.1) is 0 Å². The monoisotopic (exact) mass is 654 g/mol. The van der Waals surface area contributed by atoms with Gasteiger partial charge in [-0.05, 0) is 67.9 Å². The Bertz CT molecular complexity index is 1800. The third kappa shape index (κ3) is 9.44. The molecule has 2 N–H and O–H groups in total. The van der Waals surface area contributed by atoms with Crippen LogP contribution in [0.5, 0.6) is 0 Å². The van der Waals surface area contributed by atoms with Crippen molar-refractivity contribution in [3.63, 3.8) is 0 Å². The van der Waals surface area contributed by atoms with Crippen molar-refractivity contribution in [2.24, 2.45) is 5.92 Å². The molecule has 2 heterocycles. The summed E-state index contributed by atoms with van der Waals surface area (Å²) in [4.78, 5) is 3.66. The van der Waals surface area contributed by atoms with Crippen LogP contribution in [0.1, 0.15) is 103 Å². The smallest absolute Gasteiger partial charge is 0.0606 e. The predicted molar refractivity (Wildman–Crippen MR) is 220 cm³/mol. The van der Waals surface area contributed by atoms with Crippen molar-refractivity contribution in [3.05, 3.63) is 150 Å². The maximum Gasteiger partial charge on any atom is 0.0606 e. The zero-order chi connectivity index (χ0) is 36.0. The molecule has 0 saturated carbocycles. The topological polar surface area (TPSA) is 27.8 Å². The first-order chi connectivity index (χ1) is 23.7. The second-order valence-corrected chi connectivity index (χ2v) is 13.6. The standard InChI is InChI=1S/C23H24N2.C15H24.C7H8.C2H6/c1-5-9-15(10-6-2)22-23(3,4)20-19(25-22)14-13-17-16-11-7-8-12-18(16)24-21(17)20;1-5-9-12(3)14(6-2)15-11-8-7-10-13(15)4;1-7-5-3-2-4-6-7;1-2/h5-14,22,24-25H,1H2,2-4H3;7-8,10-12,14H,5-6,9H2,1-4H3;2-6H,1H3;1-2H3/b10-6-,15-9+;;;. The highest BCUT2D eigenvalue weighted by molar-refractivity contribution is 6.10. The number of fused-ring (bicyclic) bond motifs is 5. The molecule has 2 heteroatoms. The molecule has 0 amide bonds. The Morgan fingerprint density at radius 2 is 1.51 bits per heavy atom. The van der Waals surface area contributed by atoms with Gasteiger partial charge in [0.15, 0.2) is 0 Å². The van der Waals surface area contributed by atoms with Crippen LogP contribution in [0.25, 0.3) is 21.8 Å². The van der Waals surface area contributed by atoms with E-state index >= 15 is 0 Å². The lowest BCUT2D eigenvalue weighted by Crippen LogP contribution is -2.34. The third-order valence-corrected chi connectivity index (χ3v) is 9.75. The highest BCUT2D eigenvalue weighted by atomic mass is 15.0. The number of H-pyrrole nitrogens is 1. The Balaban J connectivity index is 0.000000229. The van der Waals surface area contributed by atoms with E-state index in [0.29, 0.717) is 0 Å². The molecule has 260 valence electrons. The summed E-state index contributed by atoms with van der Waals surface area (Å²) < 4.78 is 0. The Kier molecular flexibility index (Phi) is 15.2. The van der Waals surface area contributed by atoms with Gasteiger partial charge in [-0.3, -0.25) is 0 Å². The molecule has 0 saturated heterocycles. The number of anilines is 1. The Morgan fingerprint density at radius 3 is 2.10 bits per heavy atom. The van der Waals surface area contributed by atoms with E-state index < -0.39 is 0 Å². The van der Waals surface area contributed by atoms with Crippen LogP contribution in [0.15, 0.2) is 127 Å². The van der Waals surface area contributed by atoms with Crippen LogP contribution in [0.2, 0.25) is 0 Å². The number of hydrogen-bond donors (Lipinski definition) is 2. The van der Waals surface area contributed by atoms with Crippen LogP contribution in [-0.2, 0) is 5.41 Å². The number of benzene rings is 4. The summed E-state index contributed by atoms with van der Waals surface area (Å²) in [6.07, 6.45) is 12.1. The van der Waals surface area contributed by atoms with Crippen LogP contribution in [-0.4, -0.2) is 11.0 Å². The minimum Gasteiger partial charge on any atom is -0.377 e. The van der Waals surface area contributed by atoms with E-state index in [2.05, 4.69) is 163 Å². The number of aromatic amines is 1. The van der Waals surface area contributed by atoms with E-state index in [4.69, 9.17) is 0 Å². The van der Waals surface area contributed by atoms with Gasteiger partial charge in [-0.25, -0.2) is 0 Å². The van der Waals surface area contributed by atoms with Gasteiger partial charge in [0.05, 0.1) is 11.6 Å².